The second kappa shape index (κ2) is 11.0. The summed E-state index contributed by atoms with van der Waals surface area (Å²) in [7, 11) is 0. The average molecular weight is 472 g/mol. The van der Waals surface area contributed by atoms with E-state index >= 15 is 0 Å². The highest BCUT2D eigenvalue weighted by molar-refractivity contribution is 6.01. The van der Waals surface area contributed by atoms with Gasteiger partial charge in [0, 0.05) is 12.7 Å². The maximum atomic E-state index is 13.3. The van der Waals surface area contributed by atoms with Crippen LogP contribution in [0.5, 0.6) is 0 Å². The third-order valence-corrected chi connectivity index (χ3v) is 6.32. The van der Waals surface area contributed by atoms with Gasteiger partial charge in [-0.1, -0.05) is 50.2 Å². The number of fused-ring (bicyclic) bond motifs is 1. The van der Waals surface area contributed by atoms with Crippen molar-refractivity contribution in [3.63, 3.8) is 0 Å². The predicted octanol–water partition coefficient (Wildman–Crippen LogP) is 4.05. The second-order valence-corrected chi connectivity index (χ2v) is 8.46. The first kappa shape index (κ1) is 24.2. The van der Waals surface area contributed by atoms with Gasteiger partial charge in [0.15, 0.2) is 0 Å². The molecule has 4 rings (SSSR count). The summed E-state index contributed by atoms with van der Waals surface area (Å²) in [6.07, 6.45) is 3.01. The quantitative estimate of drug-likeness (QED) is 0.515. The maximum Gasteiger partial charge on any atom is 0.268 e. The molecule has 8 nitrogen and oxygen atoms in total. The molecule has 2 atom stereocenters. The molecular weight excluding hydrogens is 442 g/mol. The number of rotatable bonds is 8. The predicted molar refractivity (Wildman–Crippen MR) is 130 cm³/mol. The Hall–Kier alpha value is -3.96. The Kier molecular flexibility index (Phi) is 7.58. The van der Waals surface area contributed by atoms with Gasteiger partial charge < -0.3 is 19.9 Å². The average Bonchev–Trinajstić information content (AvgIpc) is 3.31. The van der Waals surface area contributed by atoms with Gasteiger partial charge in [0.05, 0.1) is 36.6 Å². The largest absolute Gasteiger partial charge is 0.373 e. The van der Waals surface area contributed by atoms with E-state index in [1.807, 2.05) is 54.8 Å². The minimum absolute atomic E-state index is 0.130. The summed E-state index contributed by atoms with van der Waals surface area (Å²) in [5.74, 6) is -0.490. The molecule has 3 heterocycles. The van der Waals surface area contributed by atoms with Crippen LogP contribution in [0.25, 0.3) is 0 Å². The highest BCUT2D eigenvalue weighted by atomic mass is 16.5. The van der Waals surface area contributed by atoms with Crippen LogP contribution in [0.3, 0.4) is 0 Å². The van der Waals surface area contributed by atoms with E-state index in [1.165, 1.54) is 0 Å². The van der Waals surface area contributed by atoms with Crippen molar-refractivity contribution >= 4 is 11.8 Å². The molecule has 0 saturated carbocycles. The molecule has 180 valence electrons. The van der Waals surface area contributed by atoms with Crippen molar-refractivity contribution in [1.29, 1.82) is 5.26 Å². The highest BCUT2D eigenvalue weighted by Gasteiger charge is 2.28. The van der Waals surface area contributed by atoms with E-state index in [9.17, 15) is 9.59 Å². The summed E-state index contributed by atoms with van der Waals surface area (Å²) >= 11 is 0. The lowest BCUT2D eigenvalue weighted by Gasteiger charge is -2.22. The molecule has 1 aliphatic heterocycles. The SMILES string of the molecule is CC[C@@H](NC(=O)c1cc(C(=O)N[C@H](CC)c2ccc(C#N)nc2)n2c1COCC2)c1ccccc1. The molecule has 35 heavy (non-hydrogen) atoms. The molecular formula is C27H29N5O3. The summed E-state index contributed by atoms with van der Waals surface area (Å²) in [6, 6.07) is 16.5. The molecule has 0 bridgehead atoms. The van der Waals surface area contributed by atoms with E-state index in [4.69, 9.17) is 10.00 Å². The first-order valence-corrected chi connectivity index (χ1v) is 11.9. The molecule has 0 saturated heterocycles. The van der Waals surface area contributed by atoms with Gasteiger partial charge in [0.2, 0.25) is 0 Å². The lowest BCUT2D eigenvalue weighted by atomic mass is 10.0. The number of nitriles is 1. The van der Waals surface area contributed by atoms with Gasteiger partial charge in [-0.3, -0.25) is 9.59 Å². The fourth-order valence-electron chi connectivity index (χ4n) is 4.38. The molecule has 1 aliphatic rings. The van der Waals surface area contributed by atoms with E-state index in [-0.39, 0.29) is 30.5 Å². The molecule has 0 radical (unpaired) electrons. The molecule has 2 amide bonds. The molecule has 0 spiro atoms. The molecule has 8 heteroatoms. The third kappa shape index (κ3) is 5.26. The second-order valence-electron chi connectivity index (χ2n) is 8.46. The fourth-order valence-corrected chi connectivity index (χ4v) is 4.38. The van der Waals surface area contributed by atoms with Crippen molar-refractivity contribution in [2.24, 2.45) is 0 Å². The number of aromatic nitrogens is 2. The van der Waals surface area contributed by atoms with Crippen molar-refractivity contribution in [2.75, 3.05) is 6.61 Å². The van der Waals surface area contributed by atoms with Gasteiger partial charge in [-0.2, -0.15) is 5.26 Å². The number of carbonyl (C=O) groups is 2. The van der Waals surface area contributed by atoms with E-state index in [2.05, 4.69) is 15.6 Å². The zero-order valence-corrected chi connectivity index (χ0v) is 20.0. The summed E-state index contributed by atoms with van der Waals surface area (Å²) in [5, 5.41) is 15.2. The maximum absolute atomic E-state index is 13.3. The van der Waals surface area contributed by atoms with Crippen LogP contribution in [0.15, 0.2) is 54.7 Å². The van der Waals surface area contributed by atoms with Crippen molar-refractivity contribution in [1.82, 2.24) is 20.2 Å². The Morgan fingerprint density at radius 3 is 2.43 bits per heavy atom. The third-order valence-electron chi connectivity index (χ3n) is 6.32. The van der Waals surface area contributed by atoms with Crippen LogP contribution >= 0.6 is 0 Å². The first-order valence-electron chi connectivity index (χ1n) is 11.9. The summed E-state index contributed by atoms with van der Waals surface area (Å²) in [6.45, 7) is 5.24. The number of pyridine rings is 1. The van der Waals surface area contributed by atoms with Crippen LogP contribution < -0.4 is 10.6 Å². The number of nitrogens with one attached hydrogen (secondary N) is 2. The Labute approximate surface area is 204 Å². The van der Waals surface area contributed by atoms with Crippen LogP contribution in [0.1, 0.15) is 82.1 Å². The van der Waals surface area contributed by atoms with Gasteiger partial charge in [0.25, 0.3) is 11.8 Å². The normalized spacial score (nSPS) is 14.3. The van der Waals surface area contributed by atoms with Crippen molar-refractivity contribution in [2.45, 2.75) is 51.9 Å². The molecule has 0 fully saturated rings. The fraction of sp³-hybridized carbons (Fsp3) is 0.333. The van der Waals surface area contributed by atoms with E-state index in [0.29, 0.717) is 42.2 Å². The monoisotopic (exact) mass is 471 g/mol. The molecule has 0 aliphatic carbocycles. The minimum atomic E-state index is -0.270. The van der Waals surface area contributed by atoms with Crippen molar-refractivity contribution < 1.29 is 14.3 Å². The smallest absolute Gasteiger partial charge is 0.268 e. The molecule has 1 aromatic carbocycles. The number of hydrogen-bond acceptors (Lipinski definition) is 5. The zero-order valence-electron chi connectivity index (χ0n) is 20.0. The summed E-state index contributed by atoms with van der Waals surface area (Å²) in [4.78, 5) is 30.8. The van der Waals surface area contributed by atoms with Crippen LogP contribution in [-0.2, 0) is 17.9 Å². The number of amides is 2. The van der Waals surface area contributed by atoms with Crippen LogP contribution in [0.4, 0.5) is 0 Å². The van der Waals surface area contributed by atoms with Gasteiger partial charge in [-0.25, -0.2) is 4.98 Å². The topological polar surface area (TPSA) is 109 Å². The van der Waals surface area contributed by atoms with Crippen molar-refractivity contribution in [3.8, 4) is 6.07 Å². The zero-order chi connectivity index (χ0) is 24.8. The first-order chi connectivity index (χ1) is 17.0. The number of hydrogen-bond donors (Lipinski definition) is 2. The number of benzene rings is 1. The Morgan fingerprint density at radius 1 is 1.06 bits per heavy atom. The van der Waals surface area contributed by atoms with Crippen LogP contribution in [0.2, 0.25) is 0 Å². The standard InChI is InChI=1S/C27H29N5O3/c1-3-22(18-8-6-5-7-9-18)30-26(33)21-14-24(32-12-13-35-17-25(21)32)27(34)31-23(4-2)19-10-11-20(15-28)29-16-19/h5-11,14,16,22-23H,3-4,12-13,17H2,1-2H3,(H,30,33)(H,31,34)/t22-,23-/m1/s1. The number of ether oxygens (including phenoxy) is 1. The lowest BCUT2D eigenvalue weighted by Crippen LogP contribution is -2.31. The number of carbonyl (C=O) groups excluding carboxylic acids is 2. The molecule has 2 N–H and O–H groups in total. The Morgan fingerprint density at radius 2 is 1.77 bits per heavy atom. The summed E-state index contributed by atoms with van der Waals surface area (Å²) < 4.78 is 7.50. The van der Waals surface area contributed by atoms with Crippen molar-refractivity contribution in [3.05, 3.63) is 88.5 Å². The molecule has 3 aromatic rings. The number of nitrogens with zero attached hydrogens (tertiary/aromatic N) is 3. The van der Waals surface area contributed by atoms with E-state index in [0.717, 1.165) is 17.5 Å². The Bertz CT molecular complexity index is 1230. The Balaban J connectivity index is 1.58. The van der Waals surface area contributed by atoms with Gasteiger partial charge in [-0.05, 0) is 36.1 Å². The minimum Gasteiger partial charge on any atom is -0.373 e. The van der Waals surface area contributed by atoms with Gasteiger partial charge in [-0.15, -0.1) is 0 Å². The molecule has 2 aromatic heterocycles. The van der Waals surface area contributed by atoms with Crippen LogP contribution in [0, 0.1) is 11.3 Å². The highest BCUT2D eigenvalue weighted by Crippen LogP contribution is 2.24. The van der Waals surface area contributed by atoms with E-state index < -0.39 is 0 Å². The summed E-state index contributed by atoms with van der Waals surface area (Å²) in [5.41, 5.74) is 3.77. The van der Waals surface area contributed by atoms with Gasteiger partial charge in [0.1, 0.15) is 17.5 Å². The lowest BCUT2D eigenvalue weighted by molar-refractivity contribution is 0.0773. The van der Waals surface area contributed by atoms with Gasteiger partial charge >= 0.3 is 0 Å². The van der Waals surface area contributed by atoms with E-state index in [1.54, 1.807) is 24.4 Å². The van der Waals surface area contributed by atoms with Crippen LogP contribution in [-0.4, -0.2) is 28.0 Å². The molecule has 0 unspecified atom stereocenters.